The number of fused-ring (bicyclic) bond motifs is 4. The second-order valence-corrected chi connectivity index (χ2v) is 9.88. The summed E-state index contributed by atoms with van der Waals surface area (Å²) < 4.78 is 22.2. The first-order valence-corrected chi connectivity index (χ1v) is 13.3. The van der Waals surface area contributed by atoms with Crippen molar-refractivity contribution in [3.05, 3.63) is 81.2 Å². The van der Waals surface area contributed by atoms with Gasteiger partial charge < -0.3 is 39.1 Å². The van der Waals surface area contributed by atoms with Crippen LogP contribution in [-0.2, 0) is 9.53 Å². The van der Waals surface area contributed by atoms with E-state index >= 15 is 0 Å². The van der Waals surface area contributed by atoms with E-state index < -0.39 is 41.6 Å². The monoisotopic (exact) mass is 578 g/mol. The number of aliphatic hydroxyl groups excluding tert-OH is 2. The number of carbonyl (C=O) groups is 3. The average Bonchev–Trinajstić information content (AvgIpc) is 3.40. The summed E-state index contributed by atoms with van der Waals surface area (Å²) in [7, 11) is 2.84. The molecule has 12 nitrogen and oxygen atoms in total. The first-order valence-electron chi connectivity index (χ1n) is 13.3. The second-order valence-electron chi connectivity index (χ2n) is 9.88. The van der Waals surface area contributed by atoms with Gasteiger partial charge in [-0.1, -0.05) is 18.2 Å². The lowest BCUT2D eigenvalue weighted by Gasteiger charge is -2.40. The van der Waals surface area contributed by atoms with E-state index in [0.29, 0.717) is 22.8 Å². The molecule has 220 valence electrons. The molecule has 3 N–H and O–H groups in total. The van der Waals surface area contributed by atoms with Crippen molar-refractivity contribution < 1.29 is 43.2 Å². The minimum atomic E-state index is -1.38. The van der Waals surface area contributed by atoms with E-state index in [4.69, 9.17) is 18.6 Å². The maximum absolute atomic E-state index is 13.9. The van der Waals surface area contributed by atoms with Gasteiger partial charge in [0.25, 0.3) is 5.91 Å². The van der Waals surface area contributed by atoms with Gasteiger partial charge in [0.1, 0.15) is 29.6 Å². The average molecular weight is 579 g/mol. The third-order valence-corrected chi connectivity index (χ3v) is 7.44. The van der Waals surface area contributed by atoms with Crippen molar-refractivity contribution in [1.82, 2.24) is 10.2 Å². The Kier molecular flexibility index (Phi) is 8.39. The van der Waals surface area contributed by atoms with E-state index in [1.165, 1.54) is 37.3 Å². The summed E-state index contributed by atoms with van der Waals surface area (Å²) in [6.07, 6.45) is -0.359. The summed E-state index contributed by atoms with van der Waals surface area (Å²) >= 11 is 0. The molecule has 1 aromatic heterocycles. The highest BCUT2D eigenvalue weighted by atomic mass is 16.5. The molecule has 0 unspecified atom stereocenters. The van der Waals surface area contributed by atoms with Crippen LogP contribution in [0, 0.1) is 0 Å². The number of aldehydes is 1. The van der Waals surface area contributed by atoms with Crippen LogP contribution in [0.3, 0.4) is 0 Å². The van der Waals surface area contributed by atoms with Gasteiger partial charge in [0.05, 0.1) is 32.3 Å². The summed E-state index contributed by atoms with van der Waals surface area (Å²) in [6, 6.07) is 10.1. The van der Waals surface area contributed by atoms with Crippen molar-refractivity contribution in [2.75, 3.05) is 40.5 Å². The lowest BCUT2D eigenvalue weighted by Crippen LogP contribution is -2.56. The Bertz CT molecular complexity index is 1610. The summed E-state index contributed by atoms with van der Waals surface area (Å²) in [6.45, 7) is -0.351. The molecule has 4 atom stereocenters. The van der Waals surface area contributed by atoms with E-state index in [1.54, 1.807) is 30.3 Å². The molecule has 0 bridgehead atoms. The number of para-hydroxylation sites is 1. The van der Waals surface area contributed by atoms with E-state index in [9.17, 15) is 29.4 Å². The molecule has 2 heterocycles. The lowest BCUT2D eigenvalue weighted by atomic mass is 9.77. The first kappa shape index (κ1) is 29.0. The van der Waals surface area contributed by atoms with Gasteiger partial charge in [0.2, 0.25) is 5.91 Å². The van der Waals surface area contributed by atoms with Crippen molar-refractivity contribution in [2.45, 2.75) is 24.2 Å². The smallest absolute Gasteiger partial charge is 0.349 e. The Morgan fingerprint density at radius 1 is 1.17 bits per heavy atom. The number of amides is 2. The number of carbonyl (C=O) groups excluding carboxylic acids is 3. The fourth-order valence-electron chi connectivity index (χ4n) is 5.50. The predicted octanol–water partition coefficient (Wildman–Crippen LogP) is 1.03. The van der Waals surface area contributed by atoms with Crippen LogP contribution in [0.15, 0.2) is 63.3 Å². The summed E-state index contributed by atoms with van der Waals surface area (Å²) in [5.74, 6) is -1.64. The molecule has 0 spiro atoms. The number of hydrogen-bond acceptors (Lipinski definition) is 10. The molecule has 2 amide bonds. The number of nitrogens with one attached hydrogen (secondary N) is 1. The maximum Gasteiger partial charge on any atom is 0.349 e. The zero-order chi connectivity index (χ0) is 30.0. The summed E-state index contributed by atoms with van der Waals surface area (Å²) in [5, 5.41) is 24.2. The van der Waals surface area contributed by atoms with Gasteiger partial charge in [0.15, 0.2) is 11.5 Å². The molecule has 42 heavy (non-hydrogen) atoms. The van der Waals surface area contributed by atoms with Gasteiger partial charge in [-0.3, -0.25) is 14.4 Å². The number of ether oxygens (including phenoxy) is 3. The van der Waals surface area contributed by atoms with Gasteiger partial charge in [-0.05, 0) is 30.3 Å². The zero-order valence-electron chi connectivity index (χ0n) is 22.9. The number of rotatable bonds is 10. The molecule has 3 aromatic rings. The molecule has 5 rings (SSSR count). The predicted molar refractivity (Wildman–Crippen MR) is 149 cm³/mol. The van der Waals surface area contributed by atoms with Gasteiger partial charge in [-0.2, -0.15) is 0 Å². The Hall–Kier alpha value is -4.52. The molecule has 1 aliphatic heterocycles. The minimum Gasteiger partial charge on any atom is -0.493 e. The standard InChI is InChI=1S/C30H30N2O10/c1-39-10-8-32(29(37)20-13-17-5-3-4-6-22(17)41-30(20)38)21-14-19(28(36)31-7-9-33)24-18-11-16(15-34)12-23(40-2)26(18)42-27(24)25(21)35/h3-6,11-15,21,24-25,27,33,35H,7-10H2,1-2H3,(H,31,36)/t21-,24+,25+,27+/m1/s1. The molecule has 0 saturated carbocycles. The molecule has 12 heteroatoms. The molecule has 0 fully saturated rings. The van der Waals surface area contributed by atoms with Gasteiger partial charge >= 0.3 is 5.63 Å². The number of nitrogens with zero attached hydrogens (tertiary/aromatic N) is 1. The van der Waals surface area contributed by atoms with Crippen molar-refractivity contribution in [3.63, 3.8) is 0 Å². The van der Waals surface area contributed by atoms with Crippen LogP contribution in [0.25, 0.3) is 11.0 Å². The van der Waals surface area contributed by atoms with E-state index in [2.05, 4.69) is 5.32 Å². The molecule has 2 aliphatic rings. The maximum atomic E-state index is 13.9. The second kappa shape index (κ2) is 12.1. The van der Waals surface area contributed by atoms with Crippen molar-refractivity contribution >= 4 is 29.1 Å². The van der Waals surface area contributed by atoms with Crippen LogP contribution < -0.4 is 20.4 Å². The topological polar surface area (TPSA) is 165 Å². The van der Waals surface area contributed by atoms with Crippen LogP contribution in [-0.4, -0.2) is 92.0 Å². The molecular weight excluding hydrogens is 548 g/mol. The van der Waals surface area contributed by atoms with Crippen molar-refractivity contribution in [2.24, 2.45) is 0 Å². The molecular formula is C30H30N2O10. The Morgan fingerprint density at radius 3 is 2.67 bits per heavy atom. The normalized spacial score (nSPS) is 20.6. The van der Waals surface area contributed by atoms with Crippen LogP contribution in [0.5, 0.6) is 11.5 Å². The van der Waals surface area contributed by atoms with Crippen molar-refractivity contribution in [1.29, 1.82) is 0 Å². The van der Waals surface area contributed by atoms with Crippen molar-refractivity contribution in [3.8, 4) is 11.5 Å². The Morgan fingerprint density at radius 2 is 1.95 bits per heavy atom. The summed E-state index contributed by atoms with van der Waals surface area (Å²) in [4.78, 5) is 53.2. The van der Waals surface area contributed by atoms with Crippen LogP contribution in [0.1, 0.15) is 32.2 Å². The molecule has 1 aliphatic carbocycles. The number of methoxy groups -OCH3 is 2. The largest absolute Gasteiger partial charge is 0.493 e. The van der Waals surface area contributed by atoms with E-state index in [-0.39, 0.29) is 54.5 Å². The van der Waals surface area contributed by atoms with Gasteiger partial charge in [-0.25, -0.2) is 4.79 Å². The SMILES string of the molecule is COCCN(C(=O)c1cc2ccccc2oc1=O)[C@@H]1C=C(C(=O)NCCO)[C@@H]2c3cc(C=O)cc(OC)c3O[C@@H]2[C@H]1O. The quantitative estimate of drug-likeness (QED) is 0.234. The fourth-order valence-corrected chi connectivity index (χ4v) is 5.50. The number of hydrogen-bond donors (Lipinski definition) is 3. The fraction of sp³-hybridized carbons (Fsp3) is 0.333. The zero-order valence-corrected chi connectivity index (χ0v) is 22.9. The number of benzene rings is 2. The minimum absolute atomic E-state index is 0.0450. The highest BCUT2D eigenvalue weighted by Crippen LogP contribution is 2.51. The van der Waals surface area contributed by atoms with E-state index in [1.807, 2.05) is 0 Å². The van der Waals surface area contributed by atoms with Gasteiger partial charge in [-0.15, -0.1) is 0 Å². The van der Waals surface area contributed by atoms with Crippen LogP contribution >= 0.6 is 0 Å². The van der Waals surface area contributed by atoms with Gasteiger partial charge in [0, 0.05) is 42.3 Å². The molecule has 0 saturated heterocycles. The van der Waals surface area contributed by atoms with E-state index in [0.717, 1.165) is 0 Å². The number of aliphatic hydroxyl groups is 2. The van der Waals surface area contributed by atoms with Crippen LogP contribution in [0.4, 0.5) is 0 Å². The molecule has 0 radical (unpaired) electrons. The Balaban J connectivity index is 1.62. The highest BCUT2D eigenvalue weighted by Gasteiger charge is 2.51. The summed E-state index contributed by atoms with van der Waals surface area (Å²) in [5.41, 5.74) is 0.0762. The third-order valence-electron chi connectivity index (χ3n) is 7.44. The Labute approximate surface area is 240 Å². The third kappa shape index (κ3) is 5.15. The molecule has 2 aromatic carbocycles. The highest BCUT2D eigenvalue weighted by molar-refractivity contribution is 5.99. The van der Waals surface area contributed by atoms with Crippen LogP contribution in [0.2, 0.25) is 0 Å². The lowest BCUT2D eigenvalue weighted by molar-refractivity contribution is -0.118. The first-order chi connectivity index (χ1) is 20.3.